The molecule has 0 aliphatic rings. The Morgan fingerprint density at radius 3 is 2.35 bits per heavy atom. The third-order valence-corrected chi connectivity index (χ3v) is 2.99. The van der Waals surface area contributed by atoms with Crippen LogP contribution in [0.2, 0.25) is 5.02 Å². The van der Waals surface area contributed by atoms with Gasteiger partial charge in [-0.25, -0.2) is 8.78 Å². The molecule has 2 aromatic carbocycles. The van der Waals surface area contributed by atoms with Crippen molar-refractivity contribution in [3.05, 3.63) is 64.2 Å². The van der Waals surface area contributed by atoms with Crippen molar-refractivity contribution in [2.24, 2.45) is 0 Å². The largest absolute Gasteiger partial charge is 0.487 e. The minimum absolute atomic E-state index is 0.0553. The van der Waals surface area contributed by atoms with Gasteiger partial charge in [0.25, 0.3) is 0 Å². The molecule has 2 rings (SSSR count). The molecule has 0 aliphatic heterocycles. The van der Waals surface area contributed by atoms with Gasteiger partial charge in [-0.05, 0) is 42.4 Å². The number of hydrogen-bond acceptors (Lipinski definition) is 2. The van der Waals surface area contributed by atoms with Crippen LogP contribution in [0.25, 0.3) is 0 Å². The third-order valence-electron chi connectivity index (χ3n) is 2.69. The molecule has 0 aliphatic carbocycles. The first-order valence-corrected chi connectivity index (χ1v) is 6.47. The summed E-state index contributed by atoms with van der Waals surface area (Å²) in [6.07, 6.45) is 0. The fourth-order valence-corrected chi connectivity index (χ4v) is 2.09. The van der Waals surface area contributed by atoms with Crippen LogP contribution in [0.1, 0.15) is 11.1 Å². The Labute approximate surface area is 121 Å². The molecule has 20 heavy (non-hydrogen) atoms. The molecule has 1 N–H and O–H groups in total. The average Bonchev–Trinajstić information content (AvgIpc) is 2.37. The Kier molecular flexibility index (Phi) is 4.93. The van der Waals surface area contributed by atoms with E-state index >= 15 is 0 Å². The predicted octanol–water partition coefficient (Wildman–Crippen LogP) is 3.92. The van der Waals surface area contributed by atoms with Crippen molar-refractivity contribution in [1.82, 2.24) is 5.32 Å². The van der Waals surface area contributed by atoms with Crippen LogP contribution >= 0.6 is 11.6 Å². The van der Waals surface area contributed by atoms with Crippen molar-refractivity contribution in [2.45, 2.75) is 13.2 Å². The molecule has 0 saturated heterocycles. The van der Waals surface area contributed by atoms with Crippen LogP contribution in [0.15, 0.2) is 36.4 Å². The minimum atomic E-state index is -0.626. The van der Waals surface area contributed by atoms with E-state index < -0.39 is 11.6 Å². The number of hydrogen-bond donors (Lipinski definition) is 1. The van der Waals surface area contributed by atoms with Crippen molar-refractivity contribution in [1.29, 1.82) is 0 Å². The molecule has 0 bridgehead atoms. The lowest BCUT2D eigenvalue weighted by Crippen LogP contribution is -2.05. The first-order chi connectivity index (χ1) is 9.58. The fraction of sp³-hybridized carbons (Fsp3) is 0.200. The Hall–Kier alpha value is -1.65. The second-order valence-corrected chi connectivity index (χ2v) is 4.77. The monoisotopic (exact) mass is 297 g/mol. The van der Waals surface area contributed by atoms with E-state index in [4.69, 9.17) is 16.3 Å². The van der Waals surface area contributed by atoms with E-state index in [0.29, 0.717) is 22.9 Å². The number of ether oxygens (including phenoxy) is 1. The minimum Gasteiger partial charge on any atom is -0.487 e. The molecular formula is C15H14ClF2NO. The van der Waals surface area contributed by atoms with E-state index in [9.17, 15) is 8.78 Å². The molecule has 2 aromatic rings. The highest BCUT2D eigenvalue weighted by atomic mass is 35.5. The second-order valence-electron chi connectivity index (χ2n) is 4.36. The summed E-state index contributed by atoms with van der Waals surface area (Å²) in [5, 5.41) is 3.49. The number of nitrogens with one attached hydrogen (secondary N) is 1. The zero-order valence-corrected chi connectivity index (χ0v) is 11.7. The van der Waals surface area contributed by atoms with Crippen LogP contribution < -0.4 is 10.1 Å². The highest BCUT2D eigenvalue weighted by Gasteiger charge is 2.05. The molecule has 0 fully saturated rings. The lowest BCUT2D eigenvalue weighted by atomic mass is 10.2. The zero-order chi connectivity index (χ0) is 14.5. The van der Waals surface area contributed by atoms with Crippen molar-refractivity contribution < 1.29 is 13.5 Å². The van der Waals surface area contributed by atoms with Crippen LogP contribution in [0.3, 0.4) is 0 Å². The van der Waals surface area contributed by atoms with Gasteiger partial charge in [0, 0.05) is 12.6 Å². The summed E-state index contributed by atoms with van der Waals surface area (Å²) in [5.41, 5.74) is 1.44. The lowest BCUT2D eigenvalue weighted by Gasteiger charge is -2.10. The van der Waals surface area contributed by atoms with Crippen molar-refractivity contribution >= 4 is 11.6 Å². The summed E-state index contributed by atoms with van der Waals surface area (Å²) in [4.78, 5) is 0. The Balaban J connectivity index is 2.06. The average molecular weight is 298 g/mol. The second kappa shape index (κ2) is 6.68. The van der Waals surface area contributed by atoms with Crippen molar-refractivity contribution in [2.75, 3.05) is 7.05 Å². The van der Waals surface area contributed by atoms with Crippen LogP contribution in [0.4, 0.5) is 8.78 Å². The summed E-state index contributed by atoms with van der Waals surface area (Å²) >= 11 is 6.09. The molecule has 0 atom stereocenters. The van der Waals surface area contributed by atoms with Gasteiger partial charge in [0.1, 0.15) is 24.0 Å². The Morgan fingerprint density at radius 2 is 1.75 bits per heavy atom. The summed E-state index contributed by atoms with van der Waals surface area (Å²) in [7, 11) is 1.84. The van der Waals surface area contributed by atoms with Crippen molar-refractivity contribution in [3.63, 3.8) is 0 Å². The van der Waals surface area contributed by atoms with Crippen LogP contribution in [0.5, 0.6) is 5.75 Å². The fourth-order valence-electron chi connectivity index (χ4n) is 1.83. The molecule has 0 saturated carbocycles. The SMILES string of the molecule is CNCc1ccc(OCc2cc(F)cc(F)c2)c(Cl)c1. The van der Waals surface area contributed by atoms with Gasteiger partial charge < -0.3 is 10.1 Å². The van der Waals surface area contributed by atoms with Gasteiger partial charge in [0.05, 0.1) is 5.02 Å². The molecule has 0 spiro atoms. The molecule has 0 radical (unpaired) electrons. The summed E-state index contributed by atoms with van der Waals surface area (Å²) in [5.74, 6) is -0.769. The molecular weight excluding hydrogens is 284 g/mol. The molecule has 2 nitrogen and oxygen atoms in total. The van der Waals surface area contributed by atoms with Crippen LogP contribution in [-0.2, 0) is 13.2 Å². The molecule has 106 valence electrons. The van der Waals surface area contributed by atoms with Gasteiger partial charge in [-0.2, -0.15) is 0 Å². The molecule has 0 aromatic heterocycles. The highest BCUT2D eigenvalue weighted by Crippen LogP contribution is 2.26. The maximum Gasteiger partial charge on any atom is 0.138 e. The summed E-state index contributed by atoms with van der Waals surface area (Å²) < 4.78 is 31.6. The first kappa shape index (κ1) is 14.8. The smallest absolute Gasteiger partial charge is 0.138 e. The lowest BCUT2D eigenvalue weighted by molar-refractivity contribution is 0.305. The van der Waals surface area contributed by atoms with E-state index in [-0.39, 0.29) is 6.61 Å². The number of benzene rings is 2. The van der Waals surface area contributed by atoms with Crippen LogP contribution in [0, 0.1) is 11.6 Å². The standard InChI is InChI=1S/C15H14ClF2NO/c1-19-8-10-2-3-15(14(16)6-10)20-9-11-4-12(17)7-13(18)5-11/h2-7,19H,8-9H2,1H3. The molecule has 0 heterocycles. The maximum absolute atomic E-state index is 13.0. The van der Waals surface area contributed by atoms with E-state index in [2.05, 4.69) is 5.32 Å². The third kappa shape index (κ3) is 3.92. The Morgan fingerprint density at radius 1 is 1.05 bits per heavy atom. The van der Waals surface area contributed by atoms with Gasteiger partial charge >= 0.3 is 0 Å². The van der Waals surface area contributed by atoms with Gasteiger partial charge in [0.2, 0.25) is 0 Å². The quantitative estimate of drug-likeness (QED) is 0.903. The van der Waals surface area contributed by atoms with Gasteiger partial charge in [0.15, 0.2) is 0 Å². The van der Waals surface area contributed by atoms with Crippen molar-refractivity contribution in [3.8, 4) is 5.75 Å². The predicted molar refractivity (Wildman–Crippen MR) is 74.9 cm³/mol. The highest BCUT2D eigenvalue weighted by molar-refractivity contribution is 6.32. The van der Waals surface area contributed by atoms with Crippen LogP contribution in [-0.4, -0.2) is 7.05 Å². The first-order valence-electron chi connectivity index (χ1n) is 6.09. The van der Waals surface area contributed by atoms with Gasteiger partial charge in [-0.3, -0.25) is 0 Å². The summed E-state index contributed by atoms with van der Waals surface area (Å²) in [6.45, 7) is 0.759. The number of halogens is 3. The molecule has 0 unspecified atom stereocenters. The topological polar surface area (TPSA) is 21.3 Å². The van der Waals surface area contributed by atoms with E-state index in [1.165, 1.54) is 12.1 Å². The van der Waals surface area contributed by atoms with Gasteiger partial charge in [-0.15, -0.1) is 0 Å². The Bertz CT molecular complexity index is 584. The normalized spacial score (nSPS) is 10.6. The number of rotatable bonds is 5. The molecule has 0 amide bonds. The van der Waals surface area contributed by atoms with Gasteiger partial charge in [-0.1, -0.05) is 17.7 Å². The van der Waals surface area contributed by atoms with E-state index in [1.807, 2.05) is 13.1 Å². The summed E-state index contributed by atoms with van der Waals surface area (Å²) in [6, 6.07) is 8.69. The zero-order valence-electron chi connectivity index (χ0n) is 10.9. The van der Waals surface area contributed by atoms with E-state index in [1.54, 1.807) is 12.1 Å². The van der Waals surface area contributed by atoms with E-state index in [0.717, 1.165) is 11.6 Å². The maximum atomic E-state index is 13.0. The molecule has 5 heteroatoms.